The standard InChI is InChI=1S/C13H20N4O4/c1-15-12(19)9-21-10-3-2-7-17(13(10)20)8-4-11(18)16-6-5-14/h2-3,7H,4-6,8-9,14H2,1H3,(H,15,19)(H,16,18). The molecule has 0 bridgehead atoms. The van der Waals surface area contributed by atoms with Gasteiger partial charge in [-0.3, -0.25) is 14.4 Å². The van der Waals surface area contributed by atoms with Gasteiger partial charge in [0.1, 0.15) is 0 Å². The Morgan fingerprint density at radius 3 is 2.81 bits per heavy atom. The number of rotatable bonds is 8. The van der Waals surface area contributed by atoms with E-state index in [0.717, 1.165) is 0 Å². The third kappa shape index (κ3) is 5.65. The Balaban J connectivity index is 2.61. The molecule has 0 unspecified atom stereocenters. The molecule has 1 aromatic heterocycles. The largest absolute Gasteiger partial charge is 0.478 e. The maximum atomic E-state index is 12.1. The fourth-order valence-electron chi connectivity index (χ4n) is 1.54. The molecule has 0 spiro atoms. The maximum Gasteiger partial charge on any atom is 0.292 e. The van der Waals surface area contributed by atoms with Gasteiger partial charge in [-0.1, -0.05) is 0 Å². The molecule has 0 fully saturated rings. The molecule has 2 amide bonds. The average molecular weight is 296 g/mol. The Morgan fingerprint density at radius 1 is 1.38 bits per heavy atom. The van der Waals surface area contributed by atoms with Crippen molar-refractivity contribution >= 4 is 11.8 Å². The van der Waals surface area contributed by atoms with Crippen molar-refractivity contribution in [2.24, 2.45) is 5.73 Å². The summed E-state index contributed by atoms with van der Waals surface area (Å²) in [5.41, 5.74) is 4.90. The fourth-order valence-corrected chi connectivity index (χ4v) is 1.54. The van der Waals surface area contributed by atoms with Crippen LogP contribution in [0.2, 0.25) is 0 Å². The van der Waals surface area contributed by atoms with Crippen LogP contribution < -0.4 is 26.7 Å². The third-order valence-corrected chi connectivity index (χ3v) is 2.67. The van der Waals surface area contributed by atoms with Gasteiger partial charge in [-0.2, -0.15) is 0 Å². The summed E-state index contributed by atoms with van der Waals surface area (Å²) in [6.07, 6.45) is 1.73. The molecule has 8 nitrogen and oxygen atoms in total. The number of likely N-dealkylation sites (N-methyl/N-ethyl adjacent to an activating group) is 1. The van der Waals surface area contributed by atoms with Gasteiger partial charge in [-0.15, -0.1) is 0 Å². The molecule has 0 saturated heterocycles. The molecule has 1 rings (SSSR count). The van der Waals surface area contributed by atoms with E-state index >= 15 is 0 Å². The van der Waals surface area contributed by atoms with E-state index in [1.165, 1.54) is 17.7 Å². The van der Waals surface area contributed by atoms with Crippen LogP contribution >= 0.6 is 0 Å². The van der Waals surface area contributed by atoms with Gasteiger partial charge in [0.05, 0.1) is 0 Å². The first-order valence-electron chi connectivity index (χ1n) is 6.58. The second-order valence-electron chi connectivity index (χ2n) is 4.22. The summed E-state index contributed by atoms with van der Waals surface area (Å²) in [6.45, 7) is 0.774. The SMILES string of the molecule is CNC(=O)COc1cccn(CCC(=O)NCCN)c1=O. The van der Waals surface area contributed by atoms with Gasteiger partial charge in [0.2, 0.25) is 5.91 Å². The van der Waals surface area contributed by atoms with Crippen LogP contribution in [0.4, 0.5) is 0 Å². The van der Waals surface area contributed by atoms with Gasteiger partial charge < -0.3 is 25.7 Å². The average Bonchev–Trinajstić information content (AvgIpc) is 2.50. The second kappa shape index (κ2) is 8.75. The highest BCUT2D eigenvalue weighted by Crippen LogP contribution is 2.02. The molecular weight excluding hydrogens is 276 g/mol. The minimum atomic E-state index is -0.381. The van der Waals surface area contributed by atoms with Crippen molar-refractivity contribution in [3.8, 4) is 5.75 Å². The van der Waals surface area contributed by atoms with Gasteiger partial charge in [-0.25, -0.2) is 0 Å². The zero-order chi connectivity index (χ0) is 15.7. The quantitative estimate of drug-likeness (QED) is 0.536. The van der Waals surface area contributed by atoms with Crippen molar-refractivity contribution in [2.75, 3.05) is 26.7 Å². The van der Waals surface area contributed by atoms with Gasteiger partial charge in [0.25, 0.3) is 11.5 Å². The molecule has 116 valence electrons. The normalized spacial score (nSPS) is 10.0. The smallest absolute Gasteiger partial charge is 0.292 e. The van der Waals surface area contributed by atoms with Crippen LogP contribution in [-0.4, -0.2) is 43.1 Å². The van der Waals surface area contributed by atoms with Gasteiger partial charge in [0.15, 0.2) is 12.4 Å². The molecular formula is C13H20N4O4. The van der Waals surface area contributed by atoms with Crippen LogP contribution in [-0.2, 0) is 16.1 Å². The first-order chi connectivity index (χ1) is 10.1. The fraction of sp³-hybridized carbons (Fsp3) is 0.462. The van der Waals surface area contributed by atoms with Crippen LogP contribution in [0.5, 0.6) is 5.75 Å². The maximum absolute atomic E-state index is 12.1. The lowest BCUT2D eigenvalue weighted by Crippen LogP contribution is -2.31. The molecule has 0 aliphatic carbocycles. The molecule has 1 heterocycles. The number of aromatic nitrogens is 1. The molecule has 0 aliphatic heterocycles. The van der Waals surface area contributed by atoms with E-state index in [2.05, 4.69) is 10.6 Å². The molecule has 1 aromatic rings. The van der Waals surface area contributed by atoms with Crippen LogP contribution in [0, 0.1) is 0 Å². The van der Waals surface area contributed by atoms with Crippen LogP contribution in [0.3, 0.4) is 0 Å². The van der Waals surface area contributed by atoms with Crippen molar-refractivity contribution in [1.29, 1.82) is 0 Å². The number of pyridine rings is 1. The van der Waals surface area contributed by atoms with Crippen LogP contribution in [0.15, 0.2) is 23.1 Å². The molecule has 0 atom stereocenters. The highest BCUT2D eigenvalue weighted by atomic mass is 16.5. The number of hydrogen-bond donors (Lipinski definition) is 3. The van der Waals surface area contributed by atoms with E-state index in [9.17, 15) is 14.4 Å². The van der Waals surface area contributed by atoms with Gasteiger partial charge in [-0.05, 0) is 12.1 Å². The van der Waals surface area contributed by atoms with Crippen molar-refractivity contribution in [2.45, 2.75) is 13.0 Å². The summed E-state index contributed by atoms with van der Waals surface area (Å²) < 4.78 is 6.50. The summed E-state index contributed by atoms with van der Waals surface area (Å²) in [5.74, 6) is -0.432. The Hall–Kier alpha value is -2.35. The van der Waals surface area contributed by atoms with Gasteiger partial charge in [0, 0.05) is 39.3 Å². The monoisotopic (exact) mass is 296 g/mol. The zero-order valence-electron chi connectivity index (χ0n) is 11.9. The van der Waals surface area contributed by atoms with Crippen molar-refractivity contribution in [3.63, 3.8) is 0 Å². The number of nitrogens with zero attached hydrogens (tertiary/aromatic N) is 1. The van der Waals surface area contributed by atoms with E-state index in [4.69, 9.17) is 10.5 Å². The number of carbonyl (C=O) groups excluding carboxylic acids is 2. The van der Waals surface area contributed by atoms with Crippen molar-refractivity contribution < 1.29 is 14.3 Å². The van der Waals surface area contributed by atoms with E-state index in [-0.39, 0.29) is 42.7 Å². The highest BCUT2D eigenvalue weighted by Gasteiger charge is 2.08. The summed E-state index contributed by atoms with van der Waals surface area (Å²) >= 11 is 0. The summed E-state index contributed by atoms with van der Waals surface area (Å²) in [5, 5.41) is 5.01. The lowest BCUT2D eigenvalue weighted by atomic mass is 10.3. The van der Waals surface area contributed by atoms with Crippen LogP contribution in [0.25, 0.3) is 0 Å². The first-order valence-corrected chi connectivity index (χ1v) is 6.58. The molecule has 0 aliphatic rings. The Morgan fingerprint density at radius 2 is 2.14 bits per heavy atom. The zero-order valence-corrected chi connectivity index (χ0v) is 11.9. The molecule has 21 heavy (non-hydrogen) atoms. The molecule has 0 radical (unpaired) electrons. The number of nitrogens with two attached hydrogens (primary N) is 1. The minimum Gasteiger partial charge on any atom is -0.478 e. The van der Waals surface area contributed by atoms with E-state index in [1.54, 1.807) is 12.3 Å². The molecule has 0 aromatic carbocycles. The molecule has 8 heteroatoms. The predicted molar refractivity (Wildman–Crippen MR) is 76.9 cm³/mol. The minimum absolute atomic E-state index is 0.0727. The van der Waals surface area contributed by atoms with Crippen LogP contribution in [0.1, 0.15) is 6.42 Å². The Labute approximate surface area is 122 Å². The van der Waals surface area contributed by atoms with Crippen molar-refractivity contribution in [1.82, 2.24) is 15.2 Å². The van der Waals surface area contributed by atoms with E-state index in [1.807, 2.05) is 0 Å². The summed E-state index contributed by atoms with van der Waals surface area (Å²) in [7, 11) is 1.48. The highest BCUT2D eigenvalue weighted by molar-refractivity contribution is 5.77. The lowest BCUT2D eigenvalue weighted by Gasteiger charge is -2.09. The summed E-state index contributed by atoms with van der Waals surface area (Å²) in [6, 6.07) is 3.11. The third-order valence-electron chi connectivity index (χ3n) is 2.67. The Bertz CT molecular complexity index is 541. The first kappa shape index (κ1) is 16.7. The molecule has 4 N–H and O–H groups in total. The lowest BCUT2D eigenvalue weighted by molar-refractivity contribution is -0.122. The predicted octanol–water partition coefficient (Wildman–Crippen LogP) is -1.56. The van der Waals surface area contributed by atoms with E-state index < -0.39 is 0 Å². The Kier molecular flexibility index (Phi) is 6.96. The number of ether oxygens (including phenoxy) is 1. The number of carbonyl (C=O) groups is 2. The number of nitrogens with one attached hydrogen (secondary N) is 2. The van der Waals surface area contributed by atoms with E-state index in [0.29, 0.717) is 13.1 Å². The number of amides is 2. The second-order valence-corrected chi connectivity index (χ2v) is 4.22. The topological polar surface area (TPSA) is 115 Å². The molecule has 0 saturated carbocycles. The summed E-state index contributed by atoms with van der Waals surface area (Å²) in [4.78, 5) is 34.6. The van der Waals surface area contributed by atoms with Crippen molar-refractivity contribution in [3.05, 3.63) is 28.7 Å². The number of hydrogen-bond acceptors (Lipinski definition) is 5. The van der Waals surface area contributed by atoms with Gasteiger partial charge >= 0.3 is 0 Å². The number of aryl methyl sites for hydroxylation is 1.